The van der Waals surface area contributed by atoms with Gasteiger partial charge in [0.15, 0.2) is 45.5 Å². The standard InChI is InChI=1S/C41H20ClIN6O8S4/c1-52-28-13-14-44-32-34(28)55-40(58)48(36(32)50)38-46-24-11-9-21(16-30(24)60-38)53-20-6-4-5-19(15-20)26-18-29(57-43)35-33(45-26)37(51)49(41(59)56-35)39-47-25-12-10-22(17-31(25)61-39)54-27-8-3-2-7-23(27)42/h2-18H,1H3. The zero-order valence-corrected chi connectivity index (χ0v) is 36.8. The maximum Gasteiger partial charge on any atom is 0.290 e. The van der Waals surface area contributed by atoms with Gasteiger partial charge in [-0.1, -0.05) is 58.5 Å². The smallest absolute Gasteiger partial charge is 0.290 e. The van der Waals surface area contributed by atoms with E-state index in [1.165, 1.54) is 45.1 Å². The van der Waals surface area contributed by atoms with E-state index in [1.54, 1.807) is 95.8 Å². The number of rotatable bonds is 9. The lowest BCUT2D eigenvalue weighted by molar-refractivity contribution is 0.404. The third-order valence-electron chi connectivity index (χ3n) is 9.18. The predicted molar refractivity (Wildman–Crippen MR) is 245 cm³/mol. The normalized spacial score (nSPS) is 11.5. The molecule has 14 nitrogen and oxygen atoms in total. The first kappa shape index (κ1) is 39.1. The number of ether oxygens (including phenoxy) is 3. The molecular formula is C41H20ClIN6O8S4. The first-order valence-electron chi connectivity index (χ1n) is 17.7. The summed E-state index contributed by atoms with van der Waals surface area (Å²) in [7, 11) is 1.47. The molecule has 0 aliphatic rings. The molecule has 0 aliphatic carbocycles. The summed E-state index contributed by atoms with van der Waals surface area (Å²) in [5, 5.41) is 1.07. The molecular weight excluding hydrogens is 995 g/mol. The molecule has 6 aromatic heterocycles. The Hall–Kier alpha value is -6.10. The van der Waals surface area contributed by atoms with E-state index in [4.69, 9.17) is 67.1 Å². The van der Waals surface area contributed by atoms with Crippen LogP contribution in [-0.4, -0.2) is 36.2 Å². The van der Waals surface area contributed by atoms with Gasteiger partial charge in [0.2, 0.25) is 21.4 Å². The third kappa shape index (κ3) is 7.11. The second kappa shape index (κ2) is 15.7. The molecule has 0 bridgehead atoms. The van der Waals surface area contributed by atoms with Gasteiger partial charge in [0.25, 0.3) is 20.8 Å². The summed E-state index contributed by atoms with van der Waals surface area (Å²) >= 11 is 21.5. The fraction of sp³-hybridized carbons (Fsp3) is 0.0244. The molecule has 6 heterocycles. The number of benzene rings is 4. The zero-order chi connectivity index (χ0) is 41.9. The van der Waals surface area contributed by atoms with Crippen molar-refractivity contribution in [3.8, 4) is 56.0 Å². The van der Waals surface area contributed by atoms with Crippen LogP contribution in [0.5, 0.6) is 34.5 Å². The van der Waals surface area contributed by atoms with Crippen molar-refractivity contribution in [2.45, 2.75) is 0 Å². The molecule has 4 aromatic carbocycles. The van der Waals surface area contributed by atoms with E-state index in [-0.39, 0.29) is 42.8 Å². The summed E-state index contributed by atoms with van der Waals surface area (Å²) in [5.74, 6) is 2.62. The SMILES string of the molecule is COc1ccnc2c(=O)n(-c3nc4ccc(Oc5cccc(-c6cc(OI)c7oc(=S)n(-c8nc9ccc(Oc%10ccccc%10Cl)cc9s8)c(=O)c7n6)c5)cc4s3)c(=S)oc12. The number of nitrogens with zero attached hydrogens (tertiary/aromatic N) is 6. The summed E-state index contributed by atoms with van der Waals surface area (Å²) in [6.07, 6.45) is 1.46. The van der Waals surface area contributed by atoms with Gasteiger partial charge in [-0.05, 0) is 73.0 Å². The van der Waals surface area contributed by atoms with E-state index >= 15 is 0 Å². The molecule has 61 heavy (non-hydrogen) atoms. The van der Waals surface area contributed by atoms with Crippen molar-refractivity contribution < 1.29 is 26.1 Å². The minimum Gasteiger partial charge on any atom is -0.493 e. The van der Waals surface area contributed by atoms with E-state index in [0.717, 1.165) is 9.40 Å². The van der Waals surface area contributed by atoms with Crippen LogP contribution >= 0.6 is 81.7 Å². The van der Waals surface area contributed by atoms with E-state index < -0.39 is 11.1 Å². The number of pyridine rings is 2. The molecule has 300 valence electrons. The maximum absolute atomic E-state index is 14.2. The Kier molecular flexibility index (Phi) is 10.1. The van der Waals surface area contributed by atoms with Gasteiger partial charge < -0.3 is 26.1 Å². The fourth-order valence-corrected chi connectivity index (χ4v) is 9.49. The van der Waals surface area contributed by atoms with Crippen LogP contribution in [0.15, 0.2) is 122 Å². The second-order valence-electron chi connectivity index (χ2n) is 12.9. The van der Waals surface area contributed by atoms with E-state index in [9.17, 15) is 9.59 Å². The summed E-state index contributed by atoms with van der Waals surface area (Å²) in [5.41, 5.74) is 1.52. The van der Waals surface area contributed by atoms with Crippen molar-refractivity contribution in [3.05, 3.63) is 139 Å². The molecule has 0 fully saturated rings. The van der Waals surface area contributed by atoms with Gasteiger partial charge in [0.1, 0.15) is 23.0 Å². The summed E-state index contributed by atoms with van der Waals surface area (Å²) < 4.78 is 38.9. The van der Waals surface area contributed by atoms with Gasteiger partial charge in [-0.3, -0.25) is 9.59 Å². The minimum absolute atomic E-state index is 0.0204. The number of halogens is 2. The van der Waals surface area contributed by atoms with Gasteiger partial charge in [0.05, 0.1) is 38.3 Å². The highest BCUT2D eigenvalue weighted by molar-refractivity contribution is 14.1. The molecule has 0 saturated carbocycles. The van der Waals surface area contributed by atoms with Crippen molar-refractivity contribution in [1.82, 2.24) is 29.1 Å². The highest BCUT2D eigenvalue weighted by atomic mass is 127. The monoisotopic (exact) mass is 1010 g/mol. The largest absolute Gasteiger partial charge is 0.493 e. The van der Waals surface area contributed by atoms with Crippen molar-refractivity contribution >= 4 is 124 Å². The molecule has 0 aliphatic heterocycles. The van der Waals surface area contributed by atoms with Gasteiger partial charge in [-0.15, -0.1) is 0 Å². The quantitative estimate of drug-likeness (QED) is 0.0993. The van der Waals surface area contributed by atoms with Crippen LogP contribution in [0.1, 0.15) is 0 Å². The summed E-state index contributed by atoms with van der Waals surface area (Å²) in [4.78, 5) is 45.7. The van der Waals surface area contributed by atoms with E-state index in [1.807, 2.05) is 24.3 Å². The zero-order valence-electron chi connectivity index (χ0n) is 30.7. The van der Waals surface area contributed by atoms with Crippen molar-refractivity contribution in [2.24, 2.45) is 0 Å². The lowest BCUT2D eigenvalue weighted by Gasteiger charge is -2.10. The lowest BCUT2D eigenvalue weighted by atomic mass is 10.1. The number of thiazole rings is 2. The average molecular weight is 1020 g/mol. The number of hydrogen-bond acceptors (Lipinski definition) is 16. The van der Waals surface area contributed by atoms with Crippen LogP contribution < -0.4 is 28.4 Å². The van der Waals surface area contributed by atoms with Gasteiger partial charge >= 0.3 is 0 Å². The van der Waals surface area contributed by atoms with Crippen LogP contribution in [0.25, 0.3) is 64.2 Å². The maximum atomic E-state index is 14.2. The van der Waals surface area contributed by atoms with Gasteiger partial charge in [-0.2, -0.15) is 0 Å². The Labute approximate surface area is 378 Å². The highest BCUT2D eigenvalue weighted by Gasteiger charge is 2.21. The van der Waals surface area contributed by atoms with Crippen molar-refractivity contribution in [2.75, 3.05) is 7.11 Å². The Morgan fingerprint density at radius 2 is 1.30 bits per heavy atom. The molecule has 0 N–H and O–H groups in total. The second-order valence-corrected chi connectivity index (χ2v) is 16.4. The van der Waals surface area contributed by atoms with Crippen LogP contribution in [-0.2, 0) is 0 Å². The minimum atomic E-state index is -0.544. The molecule has 10 rings (SSSR count). The molecule has 0 atom stereocenters. The van der Waals surface area contributed by atoms with Crippen LogP contribution in [0.2, 0.25) is 5.02 Å². The van der Waals surface area contributed by atoms with Crippen molar-refractivity contribution in [3.63, 3.8) is 0 Å². The van der Waals surface area contributed by atoms with E-state index in [0.29, 0.717) is 61.2 Å². The number of methoxy groups -OCH3 is 1. The Morgan fingerprint density at radius 1 is 0.672 bits per heavy atom. The lowest BCUT2D eigenvalue weighted by Crippen LogP contribution is -2.20. The highest BCUT2D eigenvalue weighted by Crippen LogP contribution is 2.37. The molecule has 10 aromatic rings. The molecule has 0 radical (unpaired) electrons. The topological polar surface area (TPSA) is 159 Å². The van der Waals surface area contributed by atoms with Gasteiger partial charge in [0, 0.05) is 36.0 Å². The summed E-state index contributed by atoms with van der Waals surface area (Å²) in [6.45, 7) is 0. The van der Waals surface area contributed by atoms with Crippen LogP contribution in [0.4, 0.5) is 0 Å². The Balaban J connectivity index is 0.966. The third-order valence-corrected chi connectivity index (χ3v) is 12.5. The van der Waals surface area contributed by atoms with Crippen LogP contribution in [0, 0.1) is 9.67 Å². The van der Waals surface area contributed by atoms with Crippen molar-refractivity contribution in [1.29, 1.82) is 0 Å². The molecule has 0 spiro atoms. The fourth-order valence-electron chi connectivity index (χ4n) is 6.39. The number of fused-ring (bicyclic) bond motifs is 4. The molecule has 0 unspecified atom stereocenters. The number of para-hydroxylation sites is 1. The van der Waals surface area contributed by atoms with E-state index in [2.05, 4.69) is 15.0 Å². The molecule has 20 heteroatoms. The number of aromatic nitrogens is 6. The van der Waals surface area contributed by atoms with Crippen LogP contribution in [0.3, 0.4) is 0 Å². The predicted octanol–water partition coefficient (Wildman–Crippen LogP) is 11.6. The average Bonchev–Trinajstić information content (AvgIpc) is 3.88. The molecule has 0 amide bonds. The number of hydrogen-bond donors (Lipinski definition) is 0. The first-order chi connectivity index (χ1) is 29.6. The Bertz CT molecular complexity index is 3680. The molecule has 0 saturated heterocycles. The first-order valence-corrected chi connectivity index (χ1v) is 21.4. The van der Waals surface area contributed by atoms with Gasteiger partial charge in [-0.25, -0.2) is 29.1 Å². The summed E-state index contributed by atoms with van der Waals surface area (Å²) in [6, 6.07) is 28.3. The Morgan fingerprint density at radius 3 is 1.95 bits per heavy atom.